The molecule has 33 heavy (non-hydrogen) atoms. The molecule has 1 unspecified atom stereocenters. The van der Waals surface area contributed by atoms with Crippen LogP contribution in [0.3, 0.4) is 0 Å². The van der Waals surface area contributed by atoms with E-state index in [1.807, 2.05) is 0 Å². The summed E-state index contributed by atoms with van der Waals surface area (Å²) in [6.45, 7) is 2.68. The van der Waals surface area contributed by atoms with E-state index in [1.54, 1.807) is 43.3 Å². The highest BCUT2D eigenvalue weighted by Gasteiger charge is 2.27. The molecule has 6 nitrogen and oxygen atoms in total. The van der Waals surface area contributed by atoms with Gasteiger partial charge in [0.05, 0.1) is 5.92 Å². The van der Waals surface area contributed by atoms with Crippen LogP contribution in [-0.4, -0.2) is 36.1 Å². The third-order valence-corrected chi connectivity index (χ3v) is 6.31. The first-order valence-electron chi connectivity index (χ1n) is 11.8. The van der Waals surface area contributed by atoms with Crippen molar-refractivity contribution in [1.82, 2.24) is 10.6 Å². The number of phenolic OH excluding ortho intramolecular Hbond substituents is 1. The van der Waals surface area contributed by atoms with Crippen LogP contribution in [0.15, 0.2) is 48.5 Å². The Kier molecular flexibility index (Phi) is 9.10. The Bertz CT molecular complexity index is 896. The monoisotopic (exact) mass is 455 g/mol. The number of carbonyl (C=O) groups is 2. The Labute approximate surface area is 195 Å². The number of benzene rings is 2. The molecule has 0 saturated heterocycles. The summed E-state index contributed by atoms with van der Waals surface area (Å²) in [7, 11) is 0. The average Bonchev–Trinajstić information content (AvgIpc) is 2.83. The number of phenols is 1. The van der Waals surface area contributed by atoms with Gasteiger partial charge in [0, 0.05) is 18.8 Å². The number of halogens is 1. The SMILES string of the molecule is CC(C(=O)N[C@@H](CC1CCCCC1)C(=O)NCCNc1ccc(F)cc1)c1ccc(O)cc1. The average molecular weight is 456 g/mol. The van der Waals surface area contributed by atoms with Crippen LogP contribution in [0.1, 0.15) is 56.9 Å². The van der Waals surface area contributed by atoms with Crippen molar-refractivity contribution in [2.24, 2.45) is 5.92 Å². The molecule has 0 aliphatic heterocycles. The molecule has 2 aromatic rings. The summed E-state index contributed by atoms with van der Waals surface area (Å²) in [6, 6.07) is 12.0. The lowest BCUT2D eigenvalue weighted by Gasteiger charge is -2.27. The molecule has 1 aliphatic rings. The smallest absolute Gasteiger partial charge is 0.242 e. The zero-order valence-corrected chi connectivity index (χ0v) is 19.1. The minimum atomic E-state index is -0.592. The van der Waals surface area contributed by atoms with Crippen LogP contribution in [-0.2, 0) is 9.59 Å². The Balaban J connectivity index is 1.56. The topological polar surface area (TPSA) is 90.5 Å². The van der Waals surface area contributed by atoms with E-state index in [9.17, 15) is 19.1 Å². The van der Waals surface area contributed by atoms with E-state index in [1.165, 1.54) is 31.4 Å². The molecule has 4 N–H and O–H groups in total. The number of carbonyl (C=O) groups excluding carboxylic acids is 2. The number of aromatic hydroxyl groups is 1. The van der Waals surface area contributed by atoms with Gasteiger partial charge in [0.2, 0.25) is 11.8 Å². The van der Waals surface area contributed by atoms with Crippen molar-refractivity contribution in [3.63, 3.8) is 0 Å². The molecule has 1 fully saturated rings. The maximum atomic E-state index is 13.0. The van der Waals surface area contributed by atoms with Gasteiger partial charge in [-0.15, -0.1) is 0 Å². The quantitative estimate of drug-likeness (QED) is 0.402. The number of hydrogen-bond donors (Lipinski definition) is 4. The summed E-state index contributed by atoms with van der Waals surface area (Å²) in [5.74, 6) is -0.552. The van der Waals surface area contributed by atoms with Crippen molar-refractivity contribution in [1.29, 1.82) is 0 Å². The number of amides is 2. The van der Waals surface area contributed by atoms with Crippen LogP contribution in [0.25, 0.3) is 0 Å². The molecular formula is C26H34FN3O3. The van der Waals surface area contributed by atoms with Crippen molar-refractivity contribution in [3.05, 3.63) is 59.9 Å². The van der Waals surface area contributed by atoms with Crippen LogP contribution >= 0.6 is 0 Å². The fraction of sp³-hybridized carbons (Fsp3) is 0.462. The van der Waals surface area contributed by atoms with E-state index in [0.29, 0.717) is 25.4 Å². The highest BCUT2D eigenvalue weighted by Crippen LogP contribution is 2.28. The second kappa shape index (κ2) is 12.2. The minimum absolute atomic E-state index is 0.148. The van der Waals surface area contributed by atoms with E-state index in [0.717, 1.165) is 24.1 Å². The number of nitrogens with one attached hydrogen (secondary N) is 3. The van der Waals surface area contributed by atoms with Crippen molar-refractivity contribution < 1.29 is 19.1 Å². The molecule has 0 heterocycles. The Morgan fingerprint density at radius 2 is 1.64 bits per heavy atom. The normalized spacial score (nSPS) is 15.9. The molecule has 0 aromatic heterocycles. The summed E-state index contributed by atoms with van der Waals surface area (Å²) in [5, 5.41) is 18.5. The van der Waals surface area contributed by atoms with Crippen molar-refractivity contribution in [3.8, 4) is 5.75 Å². The Hall–Kier alpha value is -3.09. The van der Waals surface area contributed by atoms with Crippen LogP contribution in [0.4, 0.5) is 10.1 Å². The Morgan fingerprint density at radius 3 is 2.30 bits per heavy atom. The summed E-state index contributed by atoms with van der Waals surface area (Å²) in [4.78, 5) is 25.9. The molecule has 2 aromatic carbocycles. The maximum Gasteiger partial charge on any atom is 0.242 e. The van der Waals surface area contributed by atoms with Gasteiger partial charge in [-0.3, -0.25) is 9.59 Å². The molecule has 1 saturated carbocycles. The minimum Gasteiger partial charge on any atom is -0.508 e. The van der Waals surface area contributed by atoms with E-state index < -0.39 is 12.0 Å². The third-order valence-electron chi connectivity index (χ3n) is 6.31. The lowest BCUT2D eigenvalue weighted by molar-refractivity contribution is -0.130. The zero-order chi connectivity index (χ0) is 23.6. The summed E-state index contributed by atoms with van der Waals surface area (Å²) in [6.07, 6.45) is 6.35. The molecule has 2 amide bonds. The van der Waals surface area contributed by atoms with Crippen LogP contribution in [0, 0.1) is 11.7 Å². The molecular weight excluding hydrogens is 421 g/mol. The lowest BCUT2D eigenvalue weighted by atomic mass is 9.84. The summed E-state index contributed by atoms with van der Waals surface area (Å²) in [5.41, 5.74) is 1.56. The number of anilines is 1. The van der Waals surface area contributed by atoms with Crippen LogP contribution in [0.5, 0.6) is 5.75 Å². The highest BCUT2D eigenvalue weighted by molar-refractivity contribution is 5.90. The van der Waals surface area contributed by atoms with E-state index in [2.05, 4.69) is 16.0 Å². The van der Waals surface area contributed by atoms with Gasteiger partial charge in [0.1, 0.15) is 17.6 Å². The maximum absolute atomic E-state index is 13.0. The zero-order valence-electron chi connectivity index (χ0n) is 19.1. The predicted molar refractivity (Wildman–Crippen MR) is 128 cm³/mol. The van der Waals surface area contributed by atoms with Gasteiger partial charge >= 0.3 is 0 Å². The van der Waals surface area contributed by atoms with Gasteiger partial charge in [-0.25, -0.2) is 4.39 Å². The van der Waals surface area contributed by atoms with Crippen molar-refractivity contribution in [2.45, 2.75) is 57.4 Å². The van der Waals surface area contributed by atoms with Gasteiger partial charge in [-0.1, -0.05) is 44.2 Å². The molecule has 7 heteroatoms. The fourth-order valence-electron chi connectivity index (χ4n) is 4.28. The molecule has 0 radical (unpaired) electrons. The highest BCUT2D eigenvalue weighted by atomic mass is 19.1. The van der Waals surface area contributed by atoms with Gasteiger partial charge in [0.15, 0.2) is 0 Å². The summed E-state index contributed by atoms with van der Waals surface area (Å²) >= 11 is 0. The molecule has 1 aliphatic carbocycles. The van der Waals surface area contributed by atoms with Crippen LogP contribution in [0.2, 0.25) is 0 Å². The third kappa shape index (κ3) is 7.77. The Morgan fingerprint density at radius 1 is 0.970 bits per heavy atom. The van der Waals surface area contributed by atoms with Gasteiger partial charge in [-0.05, 0) is 61.2 Å². The largest absolute Gasteiger partial charge is 0.508 e. The van der Waals surface area contributed by atoms with Crippen molar-refractivity contribution in [2.75, 3.05) is 18.4 Å². The molecule has 0 bridgehead atoms. The molecule has 0 spiro atoms. The molecule has 178 valence electrons. The van der Waals surface area contributed by atoms with Crippen LogP contribution < -0.4 is 16.0 Å². The first-order valence-corrected chi connectivity index (χ1v) is 11.8. The van der Waals surface area contributed by atoms with E-state index >= 15 is 0 Å². The number of hydrogen-bond acceptors (Lipinski definition) is 4. The van der Waals surface area contributed by atoms with Gasteiger partial charge in [0.25, 0.3) is 0 Å². The van der Waals surface area contributed by atoms with Gasteiger partial charge in [-0.2, -0.15) is 0 Å². The first kappa shape index (κ1) is 24.6. The summed E-state index contributed by atoms with van der Waals surface area (Å²) < 4.78 is 13.0. The van der Waals surface area contributed by atoms with E-state index in [4.69, 9.17) is 0 Å². The standard InChI is InChI=1S/C26H34FN3O3/c1-18(20-7-13-23(31)14-8-20)25(32)30-24(17-19-5-3-2-4-6-19)26(33)29-16-15-28-22-11-9-21(27)10-12-22/h7-14,18-19,24,28,31H,2-6,15-17H2,1H3,(H,29,33)(H,30,32)/t18?,24-/m0/s1. The van der Waals surface area contributed by atoms with Gasteiger partial charge < -0.3 is 21.1 Å². The van der Waals surface area contributed by atoms with Crippen molar-refractivity contribution >= 4 is 17.5 Å². The first-order chi connectivity index (χ1) is 15.9. The second-order valence-corrected chi connectivity index (χ2v) is 8.84. The second-order valence-electron chi connectivity index (χ2n) is 8.84. The predicted octanol–water partition coefficient (Wildman–Crippen LogP) is 4.32. The molecule has 3 rings (SSSR count). The number of rotatable bonds is 10. The van der Waals surface area contributed by atoms with E-state index in [-0.39, 0.29) is 23.4 Å². The molecule has 2 atom stereocenters. The fourth-order valence-corrected chi connectivity index (χ4v) is 4.28. The lowest BCUT2D eigenvalue weighted by Crippen LogP contribution is -2.49.